The molecule has 1 aliphatic heterocycles. The van der Waals surface area contributed by atoms with Crippen molar-refractivity contribution in [2.24, 2.45) is 5.92 Å². The van der Waals surface area contributed by atoms with Crippen molar-refractivity contribution in [3.05, 3.63) is 0 Å². The fraction of sp³-hybridized carbons (Fsp3) is 1.00. The molecule has 0 aromatic heterocycles. The molecule has 3 heteroatoms. The van der Waals surface area contributed by atoms with Gasteiger partial charge in [0.25, 0.3) is 0 Å². The molecule has 0 bridgehead atoms. The van der Waals surface area contributed by atoms with Crippen LogP contribution in [0.5, 0.6) is 0 Å². The van der Waals surface area contributed by atoms with Gasteiger partial charge in [0, 0.05) is 35.1 Å². The lowest BCUT2D eigenvalue weighted by molar-refractivity contribution is 0.303. The lowest BCUT2D eigenvalue weighted by Crippen LogP contribution is -2.39. The molecule has 0 aromatic carbocycles. The summed E-state index contributed by atoms with van der Waals surface area (Å²) in [5.41, 5.74) is 0. The molecule has 1 saturated heterocycles. The minimum absolute atomic E-state index is 0.821. The lowest BCUT2D eigenvalue weighted by Gasteiger charge is -2.30. The van der Waals surface area contributed by atoms with E-state index in [2.05, 4.69) is 35.8 Å². The summed E-state index contributed by atoms with van der Waals surface area (Å²) in [6.07, 6.45) is 5.71. The number of thioether (sulfide) groups is 2. The van der Waals surface area contributed by atoms with Gasteiger partial charge < -0.3 is 5.32 Å². The first-order chi connectivity index (χ1) is 7.34. The van der Waals surface area contributed by atoms with E-state index in [1.807, 2.05) is 0 Å². The first kappa shape index (κ1) is 12.1. The van der Waals surface area contributed by atoms with Crippen molar-refractivity contribution in [1.82, 2.24) is 5.32 Å². The zero-order chi connectivity index (χ0) is 10.5. The van der Waals surface area contributed by atoms with E-state index in [4.69, 9.17) is 0 Å². The standard InChI is InChI=1S/C12H23NS2/c1-10-3-2-4-11(7-10)13-8-12-9-14-5-6-15-12/h10-13H,2-9H2,1H3. The van der Waals surface area contributed by atoms with Gasteiger partial charge in [-0.2, -0.15) is 23.5 Å². The van der Waals surface area contributed by atoms with Gasteiger partial charge in [0.2, 0.25) is 0 Å². The molecule has 15 heavy (non-hydrogen) atoms. The first-order valence-corrected chi connectivity index (χ1v) is 8.47. The smallest absolute Gasteiger partial charge is 0.0263 e. The van der Waals surface area contributed by atoms with Gasteiger partial charge >= 0.3 is 0 Å². The van der Waals surface area contributed by atoms with Crippen LogP contribution < -0.4 is 5.32 Å². The second-order valence-corrected chi connectivity index (χ2v) is 7.50. The van der Waals surface area contributed by atoms with Crippen LogP contribution in [0.3, 0.4) is 0 Å². The van der Waals surface area contributed by atoms with Crippen molar-refractivity contribution in [2.75, 3.05) is 23.8 Å². The van der Waals surface area contributed by atoms with E-state index in [0.717, 1.165) is 17.2 Å². The summed E-state index contributed by atoms with van der Waals surface area (Å²) in [6.45, 7) is 3.65. The Bertz CT molecular complexity index is 180. The molecule has 88 valence electrons. The van der Waals surface area contributed by atoms with Gasteiger partial charge in [-0.25, -0.2) is 0 Å². The van der Waals surface area contributed by atoms with Crippen LogP contribution in [-0.2, 0) is 0 Å². The zero-order valence-electron chi connectivity index (χ0n) is 9.71. The molecule has 2 aliphatic rings. The van der Waals surface area contributed by atoms with Crippen LogP contribution in [0, 0.1) is 5.92 Å². The Hall–Kier alpha value is 0.660. The maximum absolute atomic E-state index is 3.79. The average Bonchev–Trinajstić information content (AvgIpc) is 2.28. The molecule has 0 radical (unpaired) electrons. The van der Waals surface area contributed by atoms with Gasteiger partial charge in [-0.3, -0.25) is 0 Å². The van der Waals surface area contributed by atoms with Crippen LogP contribution in [0.2, 0.25) is 0 Å². The number of nitrogens with one attached hydrogen (secondary N) is 1. The zero-order valence-corrected chi connectivity index (χ0v) is 11.3. The predicted molar refractivity (Wildman–Crippen MR) is 73.0 cm³/mol. The third kappa shape index (κ3) is 4.20. The van der Waals surface area contributed by atoms with E-state index in [1.165, 1.54) is 49.5 Å². The molecular weight excluding hydrogens is 222 g/mol. The van der Waals surface area contributed by atoms with E-state index in [1.54, 1.807) is 0 Å². The van der Waals surface area contributed by atoms with Gasteiger partial charge in [-0.1, -0.05) is 19.8 Å². The summed E-state index contributed by atoms with van der Waals surface area (Å²) in [4.78, 5) is 0. The summed E-state index contributed by atoms with van der Waals surface area (Å²) >= 11 is 4.30. The molecule has 1 aliphatic carbocycles. The van der Waals surface area contributed by atoms with Crippen molar-refractivity contribution in [2.45, 2.75) is 43.9 Å². The maximum atomic E-state index is 3.79. The molecule has 1 heterocycles. The van der Waals surface area contributed by atoms with Gasteiger partial charge in [0.1, 0.15) is 0 Å². The molecule has 1 saturated carbocycles. The molecule has 3 unspecified atom stereocenters. The molecule has 1 nitrogen and oxygen atoms in total. The van der Waals surface area contributed by atoms with Crippen LogP contribution in [0.1, 0.15) is 32.6 Å². The fourth-order valence-electron chi connectivity index (χ4n) is 2.57. The summed E-state index contributed by atoms with van der Waals surface area (Å²) in [6, 6.07) is 0.821. The van der Waals surface area contributed by atoms with Gasteiger partial charge in [-0.15, -0.1) is 0 Å². The van der Waals surface area contributed by atoms with E-state index in [9.17, 15) is 0 Å². The highest BCUT2D eigenvalue weighted by molar-refractivity contribution is 8.06. The van der Waals surface area contributed by atoms with E-state index < -0.39 is 0 Å². The Kier molecular flexibility index (Phi) is 5.18. The first-order valence-electron chi connectivity index (χ1n) is 6.27. The third-order valence-electron chi connectivity index (χ3n) is 3.46. The van der Waals surface area contributed by atoms with Crippen molar-refractivity contribution in [3.63, 3.8) is 0 Å². The van der Waals surface area contributed by atoms with Crippen molar-refractivity contribution >= 4 is 23.5 Å². The Labute approximate surface area is 103 Å². The highest BCUT2D eigenvalue weighted by atomic mass is 32.2. The monoisotopic (exact) mass is 245 g/mol. The molecular formula is C12H23NS2. The number of rotatable bonds is 3. The second-order valence-electron chi connectivity index (χ2n) is 4.94. The van der Waals surface area contributed by atoms with Gasteiger partial charge in [-0.05, 0) is 18.8 Å². The van der Waals surface area contributed by atoms with Crippen molar-refractivity contribution < 1.29 is 0 Å². The Morgan fingerprint density at radius 2 is 2.20 bits per heavy atom. The van der Waals surface area contributed by atoms with Crippen LogP contribution in [0.4, 0.5) is 0 Å². The normalized spacial score (nSPS) is 37.8. The van der Waals surface area contributed by atoms with Crippen LogP contribution in [-0.4, -0.2) is 35.1 Å². The molecule has 1 N–H and O–H groups in total. The molecule has 2 rings (SSSR count). The molecule has 3 atom stereocenters. The second kappa shape index (κ2) is 6.41. The summed E-state index contributed by atoms with van der Waals surface area (Å²) in [5.74, 6) is 5.03. The summed E-state index contributed by atoms with van der Waals surface area (Å²) in [7, 11) is 0. The van der Waals surface area contributed by atoms with Crippen LogP contribution in [0.25, 0.3) is 0 Å². The van der Waals surface area contributed by atoms with Crippen molar-refractivity contribution in [3.8, 4) is 0 Å². The SMILES string of the molecule is CC1CCCC(NCC2CSCCS2)C1. The Balaban J connectivity index is 1.63. The van der Waals surface area contributed by atoms with Crippen molar-refractivity contribution in [1.29, 1.82) is 0 Å². The predicted octanol–water partition coefficient (Wildman–Crippen LogP) is 3.00. The highest BCUT2D eigenvalue weighted by Gasteiger charge is 2.20. The topological polar surface area (TPSA) is 12.0 Å². The summed E-state index contributed by atoms with van der Waals surface area (Å²) < 4.78 is 0. The molecule has 0 amide bonds. The van der Waals surface area contributed by atoms with E-state index in [-0.39, 0.29) is 0 Å². The lowest BCUT2D eigenvalue weighted by atomic mass is 9.87. The average molecular weight is 245 g/mol. The summed E-state index contributed by atoms with van der Waals surface area (Å²) in [5, 5.41) is 4.66. The molecule has 2 fully saturated rings. The van der Waals surface area contributed by atoms with E-state index in [0.29, 0.717) is 0 Å². The number of hydrogen-bond acceptors (Lipinski definition) is 3. The largest absolute Gasteiger partial charge is 0.313 e. The minimum atomic E-state index is 0.821. The molecule has 0 aromatic rings. The maximum Gasteiger partial charge on any atom is 0.0263 e. The Morgan fingerprint density at radius 3 is 2.93 bits per heavy atom. The Morgan fingerprint density at radius 1 is 1.27 bits per heavy atom. The van der Waals surface area contributed by atoms with Crippen LogP contribution in [0.15, 0.2) is 0 Å². The third-order valence-corrected chi connectivity index (χ3v) is 6.30. The van der Waals surface area contributed by atoms with Crippen LogP contribution >= 0.6 is 23.5 Å². The fourth-order valence-corrected chi connectivity index (χ4v) is 5.20. The highest BCUT2D eigenvalue weighted by Crippen LogP contribution is 2.26. The number of hydrogen-bond donors (Lipinski definition) is 1. The minimum Gasteiger partial charge on any atom is -0.313 e. The van der Waals surface area contributed by atoms with Gasteiger partial charge in [0.05, 0.1) is 0 Å². The quantitative estimate of drug-likeness (QED) is 0.821. The van der Waals surface area contributed by atoms with Gasteiger partial charge in [0.15, 0.2) is 0 Å². The van der Waals surface area contributed by atoms with E-state index >= 15 is 0 Å². The molecule has 0 spiro atoms.